The Kier molecular flexibility index (Phi) is 3.48. The highest BCUT2D eigenvalue weighted by molar-refractivity contribution is 7.11. The summed E-state index contributed by atoms with van der Waals surface area (Å²) in [5, 5.41) is 5.97. The molecule has 3 nitrogen and oxygen atoms in total. The molecule has 1 saturated heterocycles. The first-order valence-electron chi connectivity index (χ1n) is 6.62. The van der Waals surface area contributed by atoms with Gasteiger partial charge in [0.25, 0.3) is 0 Å². The summed E-state index contributed by atoms with van der Waals surface area (Å²) in [4.78, 5) is 2.52. The number of aromatic nitrogens is 1. The molecule has 0 aliphatic carbocycles. The minimum absolute atomic E-state index is 0.768. The number of hydrogen-bond acceptors (Lipinski definition) is 4. The summed E-state index contributed by atoms with van der Waals surface area (Å²) < 4.78 is 4.55. The number of anilines is 1. The van der Waals surface area contributed by atoms with Crippen molar-refractivity contribution in [1.82, 2.24) is 9.69 Å². The first-order valence-corrected chi connectivity index (χ1v) is 7.40. The molecule has 1 fully saturated rings. The fourth-order valence-electron chi connectivity index (χ4n) is 2.81. The second-order valence-electron chi connectivity index (χ2n) is 5.02. The third kappa shape index (κ3) is 2.22. The monoisotopic (exact) mass is 261 g/mol. The van der Waals surface area contributed by atoms with Crippen molar-refractivity contribution in [3.05, 3.63) is 24.3 Å². The summed E-state index contributed by atoms with van der Waals surface area (Å²) in [5.74, 6) is 0.768. The number of rotatable bonds is 3. The minimum Gasteiger partial charge on any atom is -0.361 e. The molecule has 0 bridgehead atoms. The molecule has 1 aromatic heterocycles. The molecule has 1 atom stereocenters. The smallest absolute Gasteiger partial charge is 0.119 e. The van der Waals surface area contributed by atoms with Gasteiger partial charge in [-0.1, -0.05) is 12.1 Å². The lowest BCUT2D eigenvalue weighted by atomic mass is 9.98. The maximum atomic E-state index is 4.55. The summed E-state index contributed by atoms with van der Waals surface area (Å²) in [6, 6.07) is 8.46. The maximum absolute atomic E-state index is 4.55. The van der Waals surface area contributed by atoms with Crippen LogP contribution in [0.15, 0.2) is 24.3 Å². The molecular weight excluding hydrogens is 242 g/mol. The van der Waals surface area contributed by atoms with E-state index < -0.39 is 0 Å². The van der Waals surface area contributed by atoms with Gasteiger partial charge in [0.2, 0.25) is 0 Å². The van der Waals surface area contributed by atoms with Crippen LogP contribution in [0.1, 0.15) is 12.8 Å². The summed E-state index contributed by atoms with van der Waals surface area (Å²) in [6.45, 7) is 3.45. The van der Waals surface area contributed by atoms with E-state index in [1.165, 1.54) is 29.8 Å². The van der Waals surface area contributed by atoms with Crippen molar-refractivity contribution in [3.8, 4) is 0 Å². The van der Waals surface area contributed by atoms with E-state index in [9.17, 15) is 0 Å². The fraction of sp³-hybridized carbons (Fsp3) is 0.500. The number of fused-ring (bicyclic) bond motifs is 1. The molecule has 96 valence electrons. The van der Waals surface area contributed by atoms with Crippen LogP contribution in [0.4, 0.5) is 5.00 Å². The Morgan fingerprint density at radius 1 is 1.44 bits per heavy atom. The van der Waals surface area contributed by atoms with Gasteiger partial charge in [-0.05, 0) is 56.0 Å². The average molecular weight is 261 g/mol. The highest BCUT2D eigenvalue weighted by Gasteiger charge is 2.22. The van der Waals surface area contributed by atoms with Crippen LogP contribution in [0, 0.1) is 5.92 Å². The van der Waals surface area contributed by atoms with E-state index in [4.69, 9.17) is 0 Å². The Bertz CT molecular complexity index is 520. The third-order valence-corrected chi connectivity index (χ3v) is 4.60. The van der Waals surface area contributed by atoms with Gasteiger partial charge in [0.1, 0.15) is 5.00 Å². The van der Waals surface area contributed by atoms with Gasteiger partial charge >= 0.3 is 0 Å². The molecule has 0 amide bonds. The third-order valence-electron chi connectivity index (χ3n) is 3.66. The molecular formula is C14H19N3S. The van der Waals surface area contributed by atoms with E-state index in [1.807, 2.05) is 7.05 Å². The van der Waals surface area contributed by atoms with Crippen LogP contribution < -0.4 is 10.2 Å². The average Bonchev–Trinajstić information content (AvgIpc) is 2.83. The van der Waals surface area contributed by atoms with Gasteiger partial charge in [0.05, 0.1) is 5.52 Å². The molecule has 0 spiro atoms. The number of piperidine rings is 1. The Balaban J connectivity index is 1.85. The van der Waals surface area contributed by atoms with E-state index >= 15 is 0 Å². The number of hydrogen-bond donors (Lipinski definition) is 1. The van der Waals surface area contributed by atoms with Crippen LogP contribution >= 0.6 is 11.5 Å². The van der Waals surface area contributed by atoms with Crippen LogP contribution in [-0.2, 0) is 0 Å². The zero-order valence-electron chi connectivity index (χ0n) is 10.7. The lowest BCUT2D eigenvalue weighted by Crippen LogP contribution is -2.38. The van der Waals surface area contributed by atoms with E-state index in [0.29, 0.717) is 0 Å². The molecule has 4 heteroatoms. The lowest BCUT2D eigenvalue weighted by Gasteiger charge is -2.33. The van der Waals surface area contributed by atoms with Crippen molar-refractivity contribution >= 4 is 27.4 Å². The standard InChI is InChI=1S/C14H19N3S/c1-15-9-11-5-4-8-17(10-11)14-12-6-2-3-7-13(12)16-18-14/h2-3,6-7,11,15H,4-5,8-10H2,1H3. The minimum atomic E-state index is 0.768. The van der Waals surface area contributed by atoms with Gasteiger partial charge in [-0.25, -0.2) is 0 Å². The maximum Gasteiger partial charge on any atom is 0.119 e. The molecule has 0 radical (unpaired) electrons. The van der Waals surface area contributed by atoms with Crippen LogP contribution in [0.2, 0.25) is 0 Å². The van der Waals surface area contributed by atoms with Crippen LogP contribution in [0.25, 0.3) is 10.9 Å². The highest BCUT2D eigenvalue weighted by atomic mass is 32.1. The van der Waals surface area contributed by atoms with Crippen LogP contribution in [-0.4, -0.2) is 31.1 Å². The first kappa shape index (κ1) is 11.9. The number of nitrogens with one attached hydrogen (secondary N) is 1. The van der Waals surface area contributed by atoms with Crippen molar-refractivity contribution < 1.29 is 0 Å². The van der Waals surface area contributed by atoms with Gasteiger partial charge in [-0.15, -0.1) is 0 Å². The van der Waals surface area contributed by atoms with Gasteiger partial charge in [0.15, 0.2) is 0 Å². The second kappa shape index (κ2) is 5.24. The molecule has 1 N–H and O–H groups in total. The summed E-state index contributed by atoms with van der Waals surface area (Å²) in [7, 11) is 2.04. The molecule has 3 rings (SSSR count). The second-order valence-corrected chi connectivity index (χ2v) is 5.77. The van der Waals surface area contributed by atoms with Crippen LogP contribution in [0.5, 0.6) is 0 Å². The Morgan fingerprint density at radius 2 is 2.33 bits per heavy atom. The Labute approximate surface area is 112 Å². The van der Waals surface area contributed by atoms with Gasteiger partial charge in [-0.3, -0.25) is 0 Å². The van der Waals surface area contributed by atoms with E-state index in [1.54, 1.807) is 11.5 Å². The van der Waals surface area contributed by atoms with Crippen molar-refractivity contribution in [1.29, 1.82) is 0 Å². The Hall–Kier alpha value is -1.13. The predicted octanol–water partition coefficient (Wildman–Crippen LogP) is 2.73. The van der Waals surface area contributed by atoms with Crippen molar-refractivity contribution in [2.45, 2.75) is 12.8 Å². The molecule has 0 saturated carbocycles. The quantitative estimate of drug-likeness (QED) is 0.921. The SMILES string of the molecule is CNCC1CCCN(c2snc3ccccc23)C1. The Morgan fingerprint density at radius 3 is 3.22 bits per heavy atom. The van der Waals surface area contributed by atoms with Crippen LogP contribution in [0.3, 0.4) is 0 Å². The lowest BCUT2D eigenvalue weighted by molar-refractivity contribution is 0.404. The molecule has 18 heavy (non-hydrogen) atoms. The van der Waals surface area contributed by atoms with Gasteiger partial charge < -0.3 is 10.2 Å². The molecule has 2 aromatic rings. The fourth-order valence-corrected chi connectivity index (χ4v) is 3.70. The molecule has 1 aromatic carbocycles. The van der Waals surface area contributed by atoms with E-state index in [2.05, 4.69) is 38.9 Å². The van der Waals surface area contributed by atoms with Gasteiger partial charge in [0, 0.05) is 18.5 Å². The normalized spacial score (nSPS) is 20.5. The van der Waals surface area contributed by atoms with Crippen molar-refractivity contribution in [2.24, 2.45) is 5.92 Å². The largest absolute Gasteiger partial charge is 0.361 e. The number of nitrogens with zero attached hydrogens (tertiary/aromatic N) is 2. The summed E-state index contributed by atoms with van der Waals surface area (Å²) in [6.07, 6.45) is 2.63. The summed E-state index contributed by atoms with van der Waals surface area (Å²) in [5.41, 5.74) is 1.13. The van der Waals surface area contributed by atoms with E-state index in [0.717, 1.165) is 24.5 Å². The molecule has 1 aliphatic rings. The molecule has 2 heterocycles. The number of benzene rings is 1. The molecule has 1 aliphatic heterocycles. The highest BCUT2D eigenvalue weighted by Crippen LogP contribution is 2.33. The topological polar surface area (TPSA) is 28.2 Å². The summed E-state index contributed by atoms with van der Waals surface area (Å²) >= 11 is 1.64. The van der Waals surface area contributed by atoms with Gasteiger partial charge in [-0.2, -0.15) is 4.37 Å². The zero-order chi connectivity index (χ0) is 12.4. The predicted molar refractivity (Wildman–Crippen MR) is 78.5 cm³/mol. The molecule has 1 unspecified atom stereocenters. The van der Waals surface area contributed by atoms with Crippen molar-refractivity contribution in [2.75, 3.05) is 31.6 Å². The van der Waals surface area contributed by atoms with E-state index in [-0.39, 0.29) is 0 Å². The zero-order valence-corrected chi connectivity index (χ0v) is 11.5. The first-order chi connectivity index (χ1) is 8.88. The van der Waals surface area contributed by atoms with Crippen molar-refractivity contribution in [3.63, 3.8) is 0 Å².